The van der Waals surface area contributed by atoms with Crippen LogP contribution in [0.2, 0.25) is 0 Å². The molecular formula is C31H36F3N3O4S. The van der Waals surface area contributed by atoms with E-state index in [9.17, 15) is 31.2 Å². The SMILES string of the molecule is CC[C@H](C)NC(=O)[C@H](Cc1ccccc1)N(Cc1ccccc1F)C(=O)CCCN(c1ccc(F)c(F)c1)S(C)(=O)=O. The summed E-state index contributed by atoms with van der Waals surface area (Å²) >= 11 is 0. The molecule has 42 heavy (non-hydrogen) atoms. The van der Waals surface area contributed by atoms with E-state index in [1.165, 1.54) is 23.1 Å². The van der Waals surface area contributed by atoms with Crippen molar-refractivity contribution >= 4 is 27.5 Å². The van der Waals surface area contributed by atoms with Gasteiger partial charge in [-0.25, -0.2) is 21.6 Å². The highest BCUT2D eigenvalue weighted by Gasteiger charge is 2.31. The number of halogens is 3. The van der Waals surface area contributed by atoms with Crippen molar-refractivity contribution in [3.8, 4) is 0 Å². The van der Waals surface area contributed by atoms with Gasteiger partial charge in [0.15, 0.2) is 11.6 Å². The average Bonchev–Trinajstić information content (AvgIpc) is 2.95. The monoisotopic (exact) mass is 603 g/mol. The highest BCUT2D eigenvalue weighted by atomic mass is 32.2. The van der Waals surface area contributed by atoms with Crippen LogP contribution in [0.4, 0.5) is 18.9 Å². The van der Waals surface area contributed by atoms with E-state index < -0.39 is 45.3 Å². The predicted octanol–water partition coefficient (Wildman–Crippen LogP) is 5.20. The average molecular weight is 604 g/mol. The second-order valence-electron chi connectivity index (χ2n) is 10.2. The van der Waals surface area contributed by atoms with Crippen LogP contribution in [0.5, 0.6) is 0 Å². The van der Waals surface area contributed by atoms with Crippen LogP contribution in [-0.4, -0.2) is 50.0 Å². The molecule has 0 bridgehead atoms. The fraction of sp³-hybridized carbons (Fsp3) is 0.355. The molecule has 0 heterocycles. The van der Waals surface area contributed by atoms with Gasteiger partial charge in [0.2, 0.25) is 21.8 Å². The number of nitrogens with one attached hydrogen (secondary N) is 1. The molecule has 1 N–H and O–H groups in total. The Balaban J connectivity index is 1.91. The van der Waals surface area contributed by atoms with Gasteiger partial charge in [-0.1, -0.05) is 55.5 Å². The van der Waals surface area contributed by atoms with Crippen LogP contribution in [0, 0.1) is 17.5 Å². The van der Waals surface area contributed by atoms with Gasteiger partial charge in [0, 0.05) is 43.6 Å². The molecule has 0 aliphatic carbocycles. The van der Waals surface area contributed by atoms with Gasteiger partial charge in [0.25, 0.3) is 0 Å². The van der Waals surface area contributed by atoms with Crippen molar-refractivity contribution in [2.75, 3.05) is 17.1 Å². The van der Waals surface area contributed by atoms with E-state index in [1.54, 1.807) is 6.07 Å². The van der Waals surface area contributed by atoms with Gasteiger partial charge >= 0.3 is 0 Å². The minimum atomic E-state index is -3.90. The fourth-order valence-corrected chi connectivity index (χ4v) is 5.41. The summed E-state index contributed by atoms with van der Waals surface area (Å²) in [6.45, 7) is 3.37. The maximum atomic E-state index is 14.7. The summed E-state index contributed by atoms with van der Waals surface area (Å²) in [6, 6.07) is 16.7. The molecule has 0 radical (unpaired) electrons. The summed E-state index contributed by atoms with van der Waals surface area (Å²) in [5.41, 5.74) is 0.941. The maximum Gasteiger partial charge on any atom is 0.243 e. The van der Waals surface area contributed by atoms with Crippen molar-refractivity contribution in [2.24, 2.45) is 0 Å². The number of carbonyl (C=O) groups excluding carboxylic acids is 2. The third kappa shape index (κ3) is 9.07. The molecule has 0 aliphatic heterocycles. The van der Waals surface area contributed by atoms with Crippen LogP contribution in [0.1, 0.15) is 44.2 Å². The van der Waals surface area contributed by atoms with Gasteiger partial charge in [0.1, 0.15) is 11.9 Å². The zero-order valence-corrected chi connectivity index (χ0v) is 24.7. The number of hydrogen-bond acceptors (Lipinski definition) is 4. The van der Waals surface area contributed by atoms with Gasteiger partial charge in [-0.2, -0.15) is 0 Å². The van der Waals surface area contributed by atoms with E-state index >= 15 is 0 Å². The quantitative estimate of drug-likeness (QED) is 0.274. The molecule has 0 spiro atoms. The first-order chi connectivity index (χ1) is 19.9. The lowest BCUT2D eigenvalue weighted by atomic mass is 10.0. The van der Waals surface area contributed by atoms with E-state index in [-0.39, 0.29) is 49.6 Å². The second kappa shape index (κ2) is 14.9. The number of sulfonamides is 1. The molecule has 0 saturated heterocycles. The maximum absolute atomic E-state index is 14.7. The standard InChI is InChI=1S/C31H36F3N3O4S/c1-4-22(2)35-31(39)29(19-23-11-6-5-7-12-23)36(21-24-13-8-9-14-26(24)32)30(38)15-10-18-37(42(3,40)41)25-16-17-27(33)28(34)20-25/h5-9,11-14,16-17,20,22,29H,4,10,15,18-19,21H2,1-3H3,(H,35,39)/t22-,29-/m0/s1. The lowest BCUT2D eigenvalue weighted by molar-refractivity contribution is -0.141. The Hall–Kier alpha value is -3.86. The van der Waals surface area contributed by atoms with Crippen LogP contribution in [0.15, 0.2) is 72.8 Å². The van der Waals surface area contributed by atoms with Crippen LogP contribution >= 0.6 is 0 Å². The largest absolute Gasteiger partial charge is 0.352 e. The summed E-state index contributed by atoms with van der Waals surface area (Å²) < 4.78 is 67.9. The zero-order valence-electron chi connectivity index (χ0n) is 23.9. The number of anilines is 1. The Kier molecular flexibility index (Phi) is 11.6. The van der Waals surface area contributed by atoms with Crippen molar-refractivity contribution in [3.05, 3.63) is 101 Å². The van der Waals surface area contributed by atoms with E-state index in [1.807, 2.05) is 44.2 Å². The third-order valence-corrected chi connectivity index (χ3v) is 8.11. The molecule has 0 unspecified atom stereocenters. The second-order valence-corrected chi connectivity index (χ2v) is 12.1. The van der Waals surface area contributed by atoms with Crippen LogP contribution in [0.25, 0.3) is 0 Å². The molecule has 0 aromatic heterocycles. The van der Waals surface area contributed by atoms with Gasteiger partial charge in [-0.3, -0.25) is 13.9 Å². The Morgan fingerprint density at radius 2 is 1.57 bits per heavy atom. The zero-order chi connectivity index (χ0) is 30.9. The molecule has 11 heteroatoms. The van der Waals surface area contributed by atoms with Gasteiger partial charge in [0.05, 0.1) is 11.9 Å². The van der Waals surface area contributed by atoms with Gasteiger partial charge in [-0.05, 0) is 43.5 Å². The molecule has 7 nitrogen and oxygen atoms in total. The van der Waals surface area contributed by atoms with Crippen molar-refractivity contribution in [1.29, 1.82) is 0 Å². The Morgan fingerprint density at radius 1 is 0.905 bits per heavy atom. The molecule has 2 atom stereocenters. The number of benzene rings is 3. The molecule has 226 valence electrons. The highest BCUT2D eigenvalue weighted by molar-refractivity contribution is 7.92. The first kappa shape index (κ1) is 32.7. The minimum Gasteiger partial charge on any atom is -0.352 e. The summed E-state index contributed by atoms with van der Waals surface area (Å²) in [5.74, 6) is -3.73. The predicted molar refractivity (Wildman–Crippen MR) is 157 cm³/mol. The smallest absolute Gasteiger partial charge is 0.243 e. The van der Waals surface area contributed by atoms with E-state index in [0.29, 0.717) is 6.42 Å². The molecule has 0 saturated carbocycles. The molecule has 0 aliphatic rings. The van der Waals surface area contributed by atoms with Gasteiger partial charge < -0.3 is 10.2 Å². The van der Waals surface area contributed by atoms with E-state index in [4.69, 9.17) is 0 Å². The normalized spacial score (nSPS) is 12.8. The molecule has 3 aromatic carbocycles. The minimum absolute atomic E-state index is 0.00368. The lowest BCUT2D eigenvalue weighted by Gasteiger charge is -2.32. The summed E-state index contributed by atoms with van der Waals surface area (Å²) in [6.07, 6.45) is 1.58. The third-order valence-electron chi connectivity index (χ3n) is 6.91. The van der Waals surface area contributed by atoms with Crippen LogP contribution < -0.4 is 9.62 Å². The Labute approximate surface area is 245 Å². The Bertz CT molecular complexity index is 1470. The van der Waals surface area contributed by atoms with Crippen molar-refractivity contribution in [2.45, 2.75) is 58.2 Å². The van der Waals surface area contributed by atoms with E-state index in [0.717, 1.165) is 34.3 Å². The highest BCUT2D eigenvalue weighted by Crippen LogP contribution is 2.22. The number of rotatable bonds is 14. The van der Waals surface area contributed by atoms with Crippen LogP contribution in [-0.2, 0) is 32.6 Å². The summed E-state index contributed by atoms with van der Waals surface area (Å²) in [5, 5.41) is 2.93. The summed E-state index contributed by atoms with van der Waals surface area (Å²) in [7, 11) is -3.90. The number of hydrogen-bond donors (Lipinski definition) is 1. The van der Waals surface area contributed by atoms with E-state index in [2.05, 4.69) is 5.32 Å². The number of amides is 2. The van der Waals surface area contributed by atoms with Gasteiger partial charge in [-0.15, -0.1) is 0 Å². The molecular weight excluding hydrogens is 567 g/mol. The molecule has 3 aromatic rings. The van der Waals surface area contributed by atoms with Crippen LogP contribution in [0.3, 0.4) is 0 Å². The number of nitrogens with zero attached hydrogens (tertiary/aromatic N) is 2. The number of carbonyl (C=O) groups is 2. The van der Waals surface area contributed by atoms with Crippen molar-refractivity contribution in [1.82, 2.24) is 10.2 Å². The topological polar surface area (TPSA) is 86.8 Å². The first-order valence-electron chi connectivity index (χ1n) is 13.7. The fourth-order valence-electron chi connectivity index (χ4n) is 4.45. The van der Waals surface area contributed by atoms with Crippen molar-refractivity contribution in [3.63, 3.8) is 0 Å². The summed E-state index contributed by atoms with van der Waals surface area (Å²) in [4.78, 5) is 28.6. The Morgan fingerprint density at radius 3 is 2.19 bits per heavy atom. The molecule has 0 fully saturated rings. The van der Waals surface area contributed by atoms with Crippen molar-refractivity contribution < 1.29 is 31.2 Å². The molecule has 3 rings (SSSR count). The lowest BCUT2D eigenvalue weighted by Crippen LogP contribution is -2.52. The first-order valence-corrected chi connectivity index (χ1v) is 15.6. The molecule has 2 amide bonds.